The van der Waals surface area contributed by atoms with E-state index in [0.717, 1.165) is 0 Å². The Hall–Kier alpha value is -1.71. The van der Waals surface area contributed by atoms with Crippen molar-refractivity contribution in [1.29, 1.82) is 0 Å². The highest BCUT2D eigenvalue weighted by molar-refractivity contribution is 5.88. The standard InChI is InChI=1S/C6H8O7.H2O2/c7-3(8)1-6(13,5(11)12)2-4(9)10;1-2/h13H,1-2H2,(H,7,8)(H,9,10)(H,11,12);1-2H. The molecule has 0 rings (SSSR count). The van der Waals surface area contributed by atoms with Crippen LogP contribution in [-0.2, 0) is 14.4 Å². The van der Waals surface area contributed by atoms with Gasteiger partial charge in [0.25, 0.3) is 0 Å². The maximum absolute atomic E-state index is 10.3. The number of carboxylic acids is 3. The fourth-order valence-electron chi connectivity index (χ4n) is 0.714. The molecule has 0 saturated carbocycles. The summed E-state index contributed by atoms with van der Waals surface area (Å²) in [6, 6.07) is 0. The second-order valence-corrected chi connectivity index (χ2v) is 2.48. The highest BCUT2D eigenvalue weighted by atomic mass is 17.0. The molecule has 0 amide bonds. The van der Waals surface area contributed by atoms with Gasteiger partial charge in [-0.1, -0.05) is 0 Å². The van der Waals surface area contributed by atoms with Gasteiger partial charge in [-0.2, -0.15) is 0 Å². The molecule has 0 bridgehead atoms. The van der Waals surface area contributed by atoms with Gasteiger partial charge in [0.05, 0.1) is 12.8 Å². The van der Waals surface area contributed by atoms with E-state index in [1.54, 1.807) is 0 Å². The first-order valence-electron chi connectivity index (χ1n) is 3.37. The molecule has 0 aromatic carbocycles. The lowest BCUT2D eigenvalue weighted by molar-refractivity contribution is -0.176. The van der Waals surface area contributed by atoms with Gasteiger partial charge in [-0.15, -0.1) is 0 Å². The molecule has 15 heavy (non-hydrogen) atoms. The van der Waals surface area contributed by atoms with Crippen LogP contribution in [0.5, 0.6) is 0 Å². The van der Waals surface area contributed by atoms with Crippen LogP contribution in [-0.4, -0.2) is 54.4 Å². The zero-order chi connectivity index (χ0) is 12.6. The van der Waals surface area contributed by atoms with Crippen LogP contribution in [0.3, 0.4) is 0 Å². The molecule has 0 aliphatic carbocycles. The first-order valence-corrected chi connectivity index (χ1v) is 3.37. The van der Waals surface area contributed by atoms with Crippen molar-refractivity contribution in [2.45, 2.75) is 18.4 Å². The minimum Gasteiger partial charge on any atom is -0.481 e. The minimum absolute atomic E-state index is 1.14. The van der Waals surface area contributed by atoms with Gasteiger partial charge in [-0.3, -0.25) is 20.1 Å². The molecular weight excluding hydrogens is 216 g/mol. The molecule has 6 N–H and O–H groups in total. The molecule has 0 saturated heterocycles. The van der Waals surface area contributed by atoms with Crippen LogP contribution >= 0.6 is 0 Å². The summed E-state index contributed by atoms with van der Waals surface area (Å²) in [5, 5.41) is 45.8. The molecule has 0 aromatic heterocycles. The van der Waals surface area contributed by atoms with Crippen molar-refractivity contribution in [1.82, 2.24) is 0 Å². The molecule has 0 unspecified atom stereocenters. The van der Waals surface area contributed by atoms with E-state index in [-0.39, 0.29) is 0 Å². The zero-order valence-corrected chi connectivity index (χ0v) is 7.32. The van der Waals surface area contributed by atoms with Gasteiger partial charge in [0, 0.05) is 0 Å². The first kappa shape index (κ1) is 15.7. The van der Waals surface area contributed by atoms with Crippen molar-refractivity contribution < 1.29 is 45.3 Å². The first-order chi connectivity index (χ1) is 6.78. The van der Waals surface area contributed by atoms with Gasteiger partial charge in [0.15, 0.2) is 5.60 Å². The molecule has 0 atom stereocenters. The molecule has 0 aromatic rings. The summed E-state index contributed by atoms with van der Waals surface area (Å²) in [5.74, 6) is -5.02. The highest BCUT2D eigenvalue weighted by Crippen LogP contribution is 2.15. The fourth-order valence-corrected chi connectivity index (χ4v) is 0.714. The lowest BCUT2D eigenvalue weighted by Crippen LogP contribution is -2.42. The Morgan fingerprint density at radius 3 is 1.27 bits per heavy atom. The van der Waals surface area contributed by atoms with E-state index in [0.29, 0.717) is 0 Å². The van der Waals surface area contributed by atoms with Crippen LogP contribution in [0.4, 0.5) is 0 Å². The maximum Gasteiger partial charge on any atom is 0.336 e. The van der Waals surface area contributed by atoms with Crippen molar-refractivity contribution in [2.75, 3.05) is 0 Å². The second kappa shape index (κ2) is 6.70. The topological polar surface area (TPSA) is 173 Å². The zero-order valence-electron chi connectivity index (χ0n) is 7.32. The molecule has 0 aliphatic rings. The molecule has 88 valence electrons. The summed E-state index contributed by atoms with van der Waals surface area (Å²) < 4.78 is 0. The number of carbonyl (C=O) groups is 3. The van der Waals surface area contributed by atoms with E-state index in [4.69, 9.17) is 30.9 Å². The third-order valence-corrected chi connectivity index (χ3v) is 1.29. The number of aliphatic hydroxyl groups is 1. The fraction of sp³-hybridized carbons (Fsp3) is 0.500. The number of hydrogen-bond acceptors (Lipinski definition) is 6. The number of aliphatic carboxylic acids is 3. The molecule has 9 heteroatoms. The Morgan fingerprint density at radius 1 is 0.867 bits per heavy atom. The van der Waals surface area contributed by atoms with Crippen LogP contribution in [0.2, 0.25) is 0 Å². The average Bonchev–Trinajstić information content (AvgIpc) is 2.04. The highest BCUT2D eigenvalue weighted by Gasteiger charge is 2.40. The third-order valence-electron chi connectivity index (χ3n) is 1.29. The molecule has 0 heterocycles. The quantitative estimate of drug-likeness (QED) is 0.247. The third kappa shape index (κ3) is 6.37. The molecule has 0 aliphatic heterocycles. The molecular formula is C6H10O9. The summed E-state index contributed by atoms with van der Waals surface area (Å²) in [4.78, 5) is 30.5. The van der Waals surface area contributed by atoms with Gasteiger partial charge in [0.1, 0.15) is 0 Å². The normalized spacial score (nSPS) is 9.80. The predicted molar refractivity (Wildman–Crippen MR) is 42.3 cm³/mol. The summed E-state index contributed by atoms with van der Waals surface area (Å²) in [6.45, 7) is 0. The Balaban J connectivity index is 0. The van der Waals surface area contributed by atoms with E-state index >= 15 is 0 Å². The lowest BCUT2D eigenvalue weighted by atomic mass is 9.96. The van der Waals surface area contributed by atoms with Gasteiger partial charge >= 0.3 is 17.9 Å². The van der Waals surface area contributed by atoms with E-state index in [1.807, 2.05) is 0 Å². The van der Waals surface area contributed by atoms with Crippen LogP contribution < -0.4 is 0 Å². The SMILES string of the molecule is O=C(O)CC(O)(CC(=O)O)C(=O)O.OO. The van der Waals surface area contributed by atoms with Crippen molar-refractivity contribution >= 4 is 17.9 Å². The number of hydrogen-bond donors (Lipinski definition) is 6. The van der Waals surface area contributed by atoms with Crippen LogP contribution in [0.1, 0.15) is 12.8 Å². The second-order valence-electron chi connectivity index (χ2n) is 2.48. The Labute approximate surface area is 82.7 Å². The maximum atomic E-state index is 10.3. The van der Waals surface area contributed by atoms with E-state index < -0.39 is 36.4 Å². The predicted octanol–water partition coefficient (Wildman–Crippen LogP) is -1.23. The Bertz CT molecular complexity index is 229. The summed E-state index contributed by atoms with van der Waals surface area (Å²) in [5.41, 5.74) is -2.74. The summed E-state index contributed by atoms with van der Waals surface area (Å²) >= 11 is 0. The van der Waals surface area contributed by atoms with Gasteiger partial charge < -0.3 is 20.4 Å². The summed E-state index contributed by atoms with van der Waals surface area (Å²) in [6.07, 6.45) is -2.29. The number of carboxylic acid groups (broad SMARTS) is 3. The Kier molecular flexibility index (Phi) is 7.04. The van der Waals surface area contributed by atoms with Crippen molar-refractivity contribution in [2.24, 2.45) is 0 Å². The van der Waals surface area contributed by atoms with E-state index in [9.17, 15) is 14.4 Å². The minimum atomic E-state index is -2.74. The average molecular weight is 226 g/mol. The number of rotatable bonds is 5. The van der Waals surface area contributed by atoms with Crippen LogP contribution in [0.15, 0.2) is 0 Å². The smallest absolute Gasteiger partial charge is 0.336 e. The summed E-state index contributed by atoms with van der Waals surface area (Å²) in [7, 11) is 0. The van der Waals surface area contributed by atoms with Crippen molar-refractivity contribution in [3.63, 3.8) is 0 Å². The van der Waals surface area contributed by atoms with E-state index in [1.165, 1.54) is 0 Å². The molecule has 0 spiro atoms. The van der Waals surface area contributed by atoms with Crippen molar-refractivity contribution in [3.8, 4) is 0 Å². The van der Waals surface area contributed by atoms with Crippen molar-refractivity contribution in [3.05, 3.63) is 0 Å². The van der Waals surface area contributed by atoms with Gasteiger partial charge in [-0.05, 0) is 0 Å². The largest absolute Gasteiger partial charge is 0.481 e. The Morgan fingerprint density at radius 2 is 1.13 bits per heavy atom. The molecule has 0 fully saturated rings. The molecule has 9 nitrogen and oxygen atoms in total. The van der Waals surface area contributed by atoms with Crippen LogP contribution in [0.25, 0.3) is 0 Å². The van der Waals surface area contributed by atoms with E-state index in [2.05, 4.69) is 0 Å². The van der Waals surface area contributed by atoms with Crippen LogP contribution in [0, 0.1) is 0 Å². The lowest BCUT2D eigenvalue weighted by Gasteiger charge is -2.18. The molecule has 0 radical (unpaired) electrons. The van der Waals surface area contributed by atoms with Gasteiger partial charge in [0.2, 0.25) is 0 Å². The van der Waals surface area contributed by atoms with Gasteiger partial charge in [-0.25, -0.2) is 4.79 Å². The monoisotopic (exact) mass is 226 g/mol.